The zero-order chi connectivity index (χ0) is 50.8. The summed E-state index contributed by atoms with van der Waals surface area (Å²) in [6, 6.07) is 7.56. The molecule has 4 fully saturated rings. The molecule has 71 heavy (non-hydrogen) atoms. The molecule has 1 aromatic carbocycles. The Hall–Kier alpha value is -5.56. The molecule has 8 rings (SSSR count). The van der Waals surface area contributed by atoms with Crippen molar-refractivity contribution in [1.29, 1.82) is 0 Å². The minimum atomic E-state index is -1.06. The number of likely N-dealkylation sites (N-methyl/N-ethyl adjacent to an activating group) is 1. The van der Waals surface area contributed by atoms with Gasteiger partial charge in [0, 0.05) is 100 Å². The highest BCUT2D eigenvalue weighted by Gasteiger charge is 2.44. The SMILES string of the molecule is C=CC(=O)N1CCOC2(CCN(C(=O)N(C)[C@H](C(=O)N[C@H]3C[C@H]4CN(CCO4)c4ccc5c(c4)c(c(-c4cccnc4C(C)OC)n5CC)CC(C)(C)COC(=O)[C@@H]4CCCN(N4)C3=O)C(C)C)CC2)C1. The standard InChI is InChI=1S/C53H75N9O9/c1-10-44(63)60-25-27-71-53(32-60)18-22-58(23-19-53)51(67)57(8)46(34(3)4)48(64)55-42-29-37-31-59(24-26-69-37)36-16-17-43-39(28-36)40(47(61(43)11-2)38-14-12-20-54-45(38)35(5)68-9)30-52(6,7)33-70-50(66)41-15-13-21-62(56-41)49(42)65/h10,12,14,16-17,20,28,34-35,37,41-42,46,56H,1,11,13,15,18-19,21-27,29-33H2,2-9H3,(H,55,64)/t35?,37-,41-,42-,46-/m0/s1. The molecular formula is C53H75N9O9. The number of urea groups is 1. The summed E-state index contributed by atoms with van der Waals surface area (Å²) in [5.74, 6) is -1.77. The first kappa shape index (κ1) is 51.8. The third-order valence-electron chi connectivity index (χ3n) is 15.2. The number of carbonyl (C=O) groups is 5. The Bertz CT molecular complexity index is 2470. The Morgan fingerprint density at radius 3 is 2.55 bits per heavy atom. The summed E-state index contributed by atoms with van der Waals surface area (Å²) in [5.41, 5.74) is 8.21. The second kappa shape index (κ2) is 21.7. The van der Waals surface area contributed by atoms with E-state index >= 15 is 0 Å². The van der Waals surface area contributed by atoms with Crippen LogP contribution in [0.1, 0.15) is 91.0 Å². The van der Waals surface area contributed by atoms with Crippen LogP contribution in [0.15, 0.2) is 49.2 Å². The van der Waals surface area contributed by atoms with Gasteiger partial charge in [0.25, 0.3) is 5.91 Å². The van der Waals surface area contributed by atoms with E-state index in [2.05, 4.69) is 71.8 Å². The topological polar surface area (TPSA) is 180 Å². The van der Waals surface area contributed by atoms with Crippen LogP contribution in [0.2, 0.25) is 0 Å². The molecule has 7 heterocycles. The molecule has 1 spiro atoms. The van der Waals surface area contributed by atoms with Crippen LogP contribution in [0.3, 0.4) is 0 Å². The summed E-state index contributed by atoms with van der Waals surface area (Å²) in [6.07, 6.45) is 5.23. The predicted molar refractivity (Wildman–Crippen MR) is 269 cm³/mol. The van der Waals surface area contributed by atoms with Gasteiger partial charge in [-0.2, -0.15) is 0 Å². The van der Waals surface area contributed by atoms with E-state index in [0.29, 0.717) is 97.7 Å². The van der Waals surface area contributed by atoms with Crippen molar-refractivity contribution in [1.82, 2.24) is 40.0 Å². The van der Waals surface area contributed by atoms with E-state index in [0.717, 1.165) is 39.1 Å². The molecule has 386 valence electrons. The summed E-state index contributed by atoms with van der Waals surface area (Å²) < 4.78 is 27.0. The summed E-state index contributed by atoms with van der Waals surface area (Å²) in [7, 11) is 3.32. The molecule has 5 aliphatic heterocycles. The fraction of sp³-hybridized carbons (Fsp3) is 0.623. The molecule has 0 saturated carbocycles. The first-order valence-corrected chi connectivity index (χ1v) is 25.6. The number of pyridine rings is 1. The molecule has 2 aromatic heterocycles. The van der Waals surface area contributed by atoms with Crippen LogP contribution in [0, 0.1) is 11.3 Å². The van der Waals surface area contributed by atoms with Gasteiger partial charge in [-0.15, -0.1) is 0 Å². The van der Waals surface area contributed by atoms with Crippen LogP contribution < -0.4 is 15.6 Å². The number of aromatic nitrogens is 2. The van der Waals surface area contributed by atoms with Gasteiger partial charge in [-0.25, -0.2) is 10.2 Å². The average Bonchev–Trinajstić information content (AvgIpc) is 3.67. The van der Waals surface area contributed by atoms with Crippen LogP contribution in [0.4, 0.5) is 10.5 Å². The van der Waals surface area contributed by atoms with Crippen LogP contribution >= 0.6 is 0 Å². The number of carbonyl (C=O) groups excluding carboxylic acids is 5. The van der Waals surface area contributed by atoms with Crippen molar-refractivity contribution < 1.29 is 42.9 Å². The third kappa shape index (κ3) is 11.0. The molecule has 1 unspecified atom stereocenters. The van der Waals surface area contributed by atoms with Crippen molar-refractivity contribution in [3.8, 4) is 11.3 Å². The number of esters is 1. The number of cyclic esters (lactones) is 1. The molecule has 5 aliphatic rings. The lowest BCUT2D eigenvalue weighted by Gasteiger charge is -2.47. The van der Waals surface area contributed by atoms with Gasteiger partial charge in [0.15, 0.2) is 0 Å². The summed E-state index contributed by atoms with van der Waals surface area (Å²) in [5, 5.41) is 5.63. The van der Waals surface area contributed by atoms with Crippen molar-refractivity contribution in [2.24, 2.45) is 11.3 Å². The molecular weight excluding hydrogens is 907 g/mol. The van der Waals surface area contributed by atoms with Crippen LogP contribution in [-0.2, 0) is 51.1 Å². The molecule has 4 saturated heterocycles. The maximum Gasteiger partial charge on any atom is 0.324 e. The van der Waals surface area contributed by atoms with Gasteiger partial charge in [-0.1, -0.05) is 34.3 Å². The molecule has 2 N–H and O–H groups in total. The average molecular weight is 982 g/mol. The Morgan fingerprint density at radius 1 is 1.06 bits per heavy atom. The predicted octanol–water partition coefficient (Wildman–Crippen LogP) is 5.09. The smallest absolute Gasteiger partial charge is 0.324 e. The van der Waals surface area contributed by atoms with E-state index in [1.165, 1.54) is 16.0 Å². The summed E-state index contributed by atoms with van der Waals surface area (Å²) >= 11 is 0. The van der Waals surface area contributed by atoms with Gasteiger partial charge in [0.1, 0.15) is 18.1 Å². The number of likely N-dealkylation sites (tertiary alicyclic amines) is 1. The number of aryl methyl sites for hydroxylation is 1. The number of hydrazine groups is 1. The number of nitrogens with zero attached hydrogens (tertiary/aromatic N) is 7. The molecule has 0 aliphatic carbocycles. The lowest BCUT2D eigenvalue weighted by atomic mass is 9.84. The highest BCUT2D eigenvalue weighted by molar-refractivity contribution is 5.95. The van der Waals surface area contributed by atoms with Crippen molar-refractivity contribution in [2.45, 2.75) is 123 Å². The molecule has 0 radical (unpaired) electrons. The van der Waals surface area contributed by atoms with Crippen molar-refractivity contribution in [2.75, 3.05) is 84.7 Å². The van der Waals surface area contributed by atoms with Gasteiger partial charge in [0.05, 0.1) is 55.6 Å². The third-order valence-corrected chi connectivity index (χ3v) is 15.2. The fourth-order valence-electron chi connectivity index (χ4n) is 11.4. The van der Waals surface area contributed by atoms with Crippen molar-refractivity contribution in [3.05, 3.63) is 60.4 Å². The number of morpholine rings is 2. The van der Waals surface area contributed by atoms with Crippen molar-refractivity contribution >= 4 is 46.3 Å². The number of hydrogen-bond donors (Lipinski definition) is 2. The van der Waals surface area contributed by atoms with E-state index < -0.39 is 53.0 Å². The Labute approximate surface area is 418 Å². The fourth-order valence-corrected chi connectivity index (χ4v) is 11.4. The number of anilines is 1. The quantitative estimate of drug-likeness (QED) is 0.215. The minimum Gasteiger partial charge on any atom is -0.464 e. The number of rotatable bonds is 9. The van der Waals surface area contributed by atoms with Crippen LogP contribution in [0.5, 0.6) is 0 Å². The zero-order valence-corrected chi connectivity index (χ0v) is 43.0. The molecule has 6 bridgehead atoms. The lowest BCUT2D eigenvalue weighted by Crippen LogP contribution is -2.63. The summed E-state index contributed by atoms with van der Waals surface area (Å²) in [4.78, 5) is 82.3. The second-order valence-corrected chi connectivity index (χ2v) is 21.1. The number of nitrogens with one attached hydrogen (secondary N) is 2. The largest absolute Gasteiger partial charge is 0.464 e. The van der Waals surface area contributed by atoms with Crippen molar-refractivity contribution in [3.63, 3.8) is 0 Å². The number of methoxy groups -OCH3 is 1. The first-order valence-electron chi connectivity index (χ1n) is 25.6. The van der Waals surface area contributed by atoms with Gasteiger partial charge in [0.2, 0.25) is 11.8 Å². The van der Waals surface area contributed by atoms with Gasteiger partial charge < -0.3 is 48.4 Å². The van der Waals surface area contributed by atoms with E-state index in [9.17, 15) is 24.0 Å². The maximum absolute atomic E-state index is 14.8. The lowest BCUT2D eigenvalue weighted by molar-refractivity contribution is -0.156. The van der Waals surface area contributed by atoms with Crippen LogP contribution in [0.25, 0.3) is 22.2 Å². The number of benzene rings is 1. The molecule has 18 nitrogen and oxygen atoms in total. The normalized spacial score (nSPS) is 23.8. The number of ether oxygens (including phenoxy) is 4. The highest BCUT2D eigenvalue weighted by Crippen LogP contribution is 2.42. The highest BCUT2D eigenvalue weighted by atomic mass is 16.5. The van der Waals surface area contributed by atoms with Crippen LogP contribution in [-0.4, -0.2) is 169 Å². The number of piperidine rings is 1. The van der Waals surface area contributed by atoms with E-state index in [-0.39, 0.29) is 37.0 Å². The van der Waals surface area contributed by atoms with Gasteiger partial charge >= 0.3 is 12.0 Å². The van der Waals surface area contributed by atoms with Gasteiger partial charge in [-0.3, -0.25) is 29.2 Å². The molecule has 18 heteroatoms. The molecule has 3 aromatic rings. The second-order valence-electron chi connectivity index (χ2n) is 21.1. The zero-order valence-electron chi connectivity index (χ0n) is 43.0. The Morgan fingerprint density at radius 2 is 1.83 bits per heavy atom. The number of hydrogen-bond acceptors (Lipinski definition) is 12. The molecule has 5 amide bonds. The van der Waals surface area contributed by atoms with Gasteiger partial charge in [-0.05, 0) is 93.8 Å². The summed E-state index contributed by atoms with van der Waals surface area (Å²) in [6.45, 7) is 20.5. The molecule has 5 atom stereocenters. The van der Waals surface area contributed by atoms with E-state index in [1.807, 2.05) is 26.8 Å². The monoisotopic (exact) mass is 982 g/mol. The number of amides is 5. The van der Waals surface area contributed by atoms with E-state index in [1.54, 1.807) is 30.2 Å². The minimum absolute atomic E-state index is 0.137. The van der Waals surface area contributed by atoms with E-state index in [4.69, 9.17) is 23.9 Å². The number of fused-ring (bicyclic) bond motifs is 6. The first-order chi connectivity index (χ1) is 34.0. The Kier molecular flexibility index (Phi) is 15.8. The Balaban J connectivity index is 1.08. The maximum atomic E-state index is 14.8.